The largest absolute Gasteiger partial charge is 0.426 e. The minimum Gasteiger partial charge on any atom is -0.426 e. The van der Waals surface area contributed by atoms with E-state index in [1.807, 2.05) is 18.4 Å². The Hall–Kier alpha value is -0.440. The topological polar surface area (TPSA) is 35.5 Å². The SMILES string of the molecule is CO[PH](=O)Oc1ccc(SC)cc1. The molecule has 72 valence electrons. The Morgan fingerprint density at radius 2 is 1.92 bits per heavy atom. The molecule has 0 aliphatic carbocycles. The van der Waals surface area contributed by atoms with Crippen molar-refractivity contribution >= 4 is 20.0 Å². The minimum atomic E-state index is -2.36. The third kappa shape index (κ3) is 3.43. The summed E-state index contributed by atoms with van der Waals surface area (Å²) in [5.74, 6) is 0.573. The minimum absolute atomic E-state index is 0.573. The second-order valence-corrected chi connectivity index (χ2v) is 4.22. The monoisotopic (exact) mass is 218 g/mol. The summed E-state index contributed by atoms with van der Waals surface area (Å²) in [4.78, 5) is 1.14. The summed E-state index contributed by atoms with van der Waals surface area (Å²) in [7, 11) is -0.999. The van der Waals surface area contributed by atoms with Crippen LogP contribution in [0.1, 0.15) is 0 Å². The van der Waals surface area contributed by atoms with Crippen LogP contribution in [0.3, 0.4) is 0 Å². The van der Waals surface area contributed by atoms with Gasteiger partial charge in [0.2, 0.25) is 0 Å². The molecule has 1 unspecified atom stereocenters. The average molecular weight is 218 g/mol. The molecule has 0 saturated carbocycles. The fourth-order valence-electron chi connectivity index (χ4n) is 0.782. The first kappa shape index (κ1) is 10.6. The van der Waals surface area contributed by atoms with Gasteiger partial charge < -0.3 is 9.05 Å². The molecule has 0 amide bonds. The highest BCUT2D eigenvalue weighted by atomic mass is 32.2. The quantitative estimate of drug-likeness (QED) is 0.575. The van der Waals surface area contributed by atoms with Crippen molar-refractivity contribution in [3.8, 4) is 5.75 Å². The van der Waals surface area contributed by atoms with Crippen molar-refractivity contribution in [1.29, 1.82) is 0 Å². The number of rotatable bonds is 4. The van der Waals surface area contributed by atoms with Crippen LogP contribution in [0.5, 0.6) is 5.75 Å². The van der Waals surface area contributed by atoms with Crippen LogP contribution in [0.4, 0.5) is 0 Å². The van der Waals surface area contributed by atoms with Crippen LogP contribution in [0.2, 0.25) is 0 Å². The first-order valence-corrected chi connectivity index (χ1v) is 6.11. The highest BCUT2D eigenvalue weighted by molar-refractivity contribution is 7.98. The molecule has 0 spiro atoms. The fraction of sp³-hybridized carbons (Fsp3) is 0.250. The summed E-state index contributed by atoms with van der Waals surface area (Å²) in [5, 5.41) is 0. The second kappa shape index (κ2) is 5.32. The van der Waals surface area contributed by atoms with Crippen LogP contribution >= 0.6 is 20.0 Å². The van der Waals surface area contributed by atoms with Crippen LogP contribution in [-0.4, -0.2) is 13.4 Å². The van der Waals surface area contributed by atoms with Crippen molar-refractivity contribution in [2.45, 2.75) is 4.90 Å². The molecule has 1 atom stereocenters. The van der Waals surface area contributed by atoms with Crippen molar-refractivity contribution in [1.82, 2.24) is 0 Å². The van der Waals surface area contributed by atoms with Crippen molar-refractivity contribution in [3.63, 3.8) is 0 Å². The molecule has 0 bridgehead atoms. The summed E-state index contributed by atoms with van der Waals surface area (Å²) >= 11 is 1.65. The van der Waals surface area contributed by atoms with Gasteiger partial charge in [-0.25, -0.2) is 4.57 Å². The molecule has 1 aromatic carbocycles. The molecular weight excluding hydrogens is 207 g/mol. The Balaban J connectivity index is 2.64. The lowest BCUT2D eigenvalue weighted by Gasteiger charge is -2.03. The lowest BCUT2D eigenvalue weighted by atomic mass is 10.3. The molecule has 0 heterocycles. The Kier molecular flexibility index (Phi) is 4.36. The predicted molar refractivity (Wildman–Crippen MR) is 54.9 cm³/mol. The molecule has 0 radical (unpaired) electrons. The summed E-state index contributed by atoms with van der Waals surface area (Å²) in [6, 6.07) is 7.36. The third-order valence-electron chi connectivity index (χ3n) is 1.43. The molecular formula is C8H11O3PS. The van der Waals surface area contributed by atoms with Crippen molar-refractivity contribution in [2.75, 3.05) is 13.4 Å². The highest BCUT2D eigenvalue weighted by Gasteiger charge is 1.98. The van der Waals surface area contributed by atoms with Crippen molar-refractivity contribution in [2.24, 2.45) is 0 Å². The summed E-state index contributed by atoms with van der Waals surface area (Å²) in [6.45, 7) is 0. The van der Waals surface area contributed by atoms with E-state index in [2.05, 4.69) is 4.52 Å². The summed E-state index contributed by atoms with van der Waals surface area (Å²) in [5.41, 5.74) is 0. The van der Waals surface area contributed by atoms with Gasteiger partial charge in [-0.3, -0.25) is 0 Å². The smallest absolute Gasteiger partial charge is 0.367 e. The maximum atomic E-state index is 10.9. The lowest BCUT2D eigenvalue weighted by Crippen LogP contribution is -1.82. The van der Waals surface area contributed by atoms with Crippen LogP contribution in [0.25, 0.3) is 0 Å². The number of hydrogen-bond acceptors (Lipinski definition) is 4. The zero-order valence-electron chi connectivity index (χ0n) is 7.44. The first-order valence-electron chi connectivity index (χ1n) is 3.66. The number of hydrogen-bond donors (Lipinski definition) is 0. The van der Waals surface area contributed by atoms with Crippen LogP contribution < -0.4 is 4.52 Å². The normalized spacial score (nSPS) is 12.5. The van der Waals surface area contributed by atoms with Gasteiger partial charge in [0.25, 0.3) is 0 Å². The Morgan fingerprint density at radius 3 is 2.38 bits per heavy atom. The van der Waals surface area contributed by atoms with Gasteiger partial charge in [-0.05, 0) is 30.5 Å². The zero-order valence-corrected chi connectivity index (χ0v) is 9.26. The van der Waals surface area contributed by atoms with Gasteiger partial charge >= 0.3 is 8.25 Å². The van der Waals surface area contributed by atoms with Crippen LogP contribution in [0, 0.1) is 0 Å². The van der Waals surface area contributed by atoms with E-state index < -0.39 is 8.25 Å². The first-order chi connectivity index (χ1) is 6.26. The predicted octanol–water partition coefficient (Wildman–Crippen LogP) is 2.82. The van der Waals surface area contributed by atoms with Gasteiger partial charge in [-0.2, -0.15) is 0 Å². The molecule has 0 aromatic heterocycles. The van der Waals surface area contributed by atoms with E-state index in [9.17, 15) is 4.57 Å². The molecule has 0 aliphatic rings. The number of thioether (sulfide) groups is 1. The zero-order chi connectivity index (χ0) is 9.68. The van der Waals surface area contributed by atoms with E-state index >= 15 is 0 Å². The van der Waals surface area contributed by atoms with E-state index in [-0.39, 0.29) is 0 Å². The number of benzene rings is 1. The van der Waals surface area contributed by atoms with E-state index in [4.69, 9.17) is 4.52 Å². The van der Waals surface area contributed by atoms with Crippen LogP contribution in [0.15, 0.2) is 29.2 Å². The Bertz CT molecular complexity index is 286. The fourth-order valence-corrected chi connectivity index (χ4v) is 1.60. The van der Waals surface area contributed by atoms with Gasteiger partial charge in [0, 0.05) is 12.0 Å². The molecule has 1 aromatic rings. The molecule has 0 saturated heterocycles. The molecule has 1 rings (SSSR count). The van der Waals surface area contributed by atoms with Crippen molar-refractivity contribution < 1.29 is 13.6 Å². The van der Waals surface area contributed by atoms with E-state index in [0.29, 0.717) is 5.75 Å². The molecule has 5 heteroatoms. The Morgan fingerprint density at radius 1 is 1.31 bits per heavy atom. The van der Waals surface area contributed by atoms with E-state index in [1.165, 1.54) is 7.11 Å². The second-order valence-electron chi connectivity index (χ2n) is 2.23. The van der Waals surface area contributed by atoms with Gasteiger partial charge in [-0.15, -0.1) is 11.8 Å². The molecule has 0 fully saturated rings. The highest BCUT2D eigenvalue weighted by Crippen LogP contribution is 2.28. The van der Waals surface area contributed by atoms with Crippen molar-refractivity contribution in [3.05, 3.63) is 24.3 Å². The molecule has 13 heavy (non-hydrogen) atoms. The van der Waals surface area contributed by atoms with Gasteiger partial charge in [0.1, 0.15) is 5.75 Å². The molecule has 0 aliphatic heterocycles. The van der Waals surface area contributed by atoms with E-state index in [0.717, 1.165) is 4.90 Å². The van der Waals surface area contributed by atoms with Crippen LogP contribution in [-0.2, 0) is 9.09 Å². The summed E-state index contributed by atoms with van der Waals surface area (Å²) < 4.78 is 20.4. The standard InChI is InChI=1S/C8H11O3PS/c1-10-12(9)11-7-3-5-8(13-2)6-4-7/h3-6,12H,1-2H3. The van der Waals surface area contributed by atoms with Gasteiger partial charge in [0.15, 0.2) is 0 Å². The van der Waals surface area contributed by atoms with Gasteiger partial charge in [0.05, 0.1) is 0 Å². The maximum absolute atomic E-state index is 10.9. The Labute approximate surface area is 82.4 Å². The average Bonchev–Trinajstić information content (AvgIpc) is 2.19. The molecule has 3 nitrogen and oxygen atoms in total. The molecule has 0 N–H and O–H groups in total. The van der Waals surface area contributed by atoms with Gasteiger partial charge in [-0.1, -0.05) is 0 Å². The maximum Gasteiger partial charge on any atom is 0.367 e. The third-order valence-corrected chi connectivity index (χ3v) is 2.91. The summed E-state index contributed by atoms with van der Waals surface area (Å²) in [6.07, 6.45) is 1.99. The van der Waals surface area contributed by atoms with E-state index in [1.54, 1.807) is 23.9 Å². The lowest BCUT2D eigenvalue weighted by molar-refractivity contribution is 0.349.